The summed E-state index contributed by atoms with van der Waals surface area (Å²) < 4.78 is 12.9. The summed E-state index contributed by atoms with van der Waals surface area (Å²) in [5, 5.41) is 11.1. The first-order valence-electron chi connectivity index (χ1n) is 10.6. The Labute approximate surface area is 191 Å². The van der Waals surface area contributed by atoms with Gasteiger partial charge in [-0.05, 0) is 12.5 Å². The molecule has 2 aromatic carbocycles. The van der Waals surface area contributed by atoms with Crippen LogP contribution >= 0.6 is 0 Å². The summed E-state index contributed by atoms with van der Waals surface area (Å²) in [5.74, 6) is -0.730. The molecule has 2 heterocycles. The fourth-order valence-corrected chi connectivity index (χ4v) is 4.16. The second kappa shape index (κ2) is 9.60. The number of ether oxygens (including phenoxy) is 2. The fraction of sp³-hybridized carbons (Fsp3) is 0.240. The van der Waals surface area contributed by atoms with E-state index < -0.39 is 17.7 Å². The van der Waals surface area contributed by atoms with Crippen molar-refractivity contribution in [3.05, 3.63) is 84.0 Å². The number of hydrogen-bond acceptors (Lipinski definition) is 6. The molecule has 1 fully saturated rings. The second-order valence-corrected chi connectivity index (χ2v) is 7.60. The Hall–Kier alpha value is -4.07. The number of benzene rings is 2. The number of aliphatic hydroxyl groups is 1. The van der Waals surface area contributed by atoms with Crippen LogP contribution in [0, 0.1) is 0 Å². The van der Waals surface area contributed by atoms with Gasteiger partial charge in [-0.25, -0.2) is 4.98 Å². The minimum Gasteiger partial charge on any atom is -0.507 e. The number of methoxy groups -OCH3 is 2. The van der Waals surface area contributed by atoms with Gasteiger partial charge in [-0.2, -0.15) is 0 Å². The monoisotopic (exact) mass is 447 g/mol. The quantitative estimate of drug-likeness (QED) is 0.323. The van der Waals surface area contributed by atoms with E-state index in [1.54, 1.807) is 55.0 Å². The lowest BCUT2D eigenvalue weighted by molar-refractivity contribution is -0.140. The predicted octanol–water partition coefficient (Wildman–Crippen LogP) is 3.41. The van der Waals surface area contributed by atoms with Crippen molar-refractivity contribution in [1.82, 2.24) is 14.5 Å². The Balaban J connectivity index is 1.81. The molecular formula is C25H25N3O5. The fourth-order valence-electron chi connectivity index (χ4n) is 4.16. The lowest BCUT2D eigenvalue weighted by Gasteiger charge is -2.27. The van der Waals surface area contributed by atoms with E-state index in [9.17, 15) is 14.7 Å². The highest BCUT2D eigenvalue weighted by atomic mass is 16.5. The van der Waals surface area contributed by atoms with Crippen LogP contribution in [0.2, 0.25) is 0 Å². The van der Waals surface area contributed by atoms with Crippen LogP contribution in [-0.4, -0.2) is 52.0 Å². The Morgan fingerprint density at radius 1 is 1.03 bits per heavy atom. The topological polar surface area (TPSA) is 93.9 Å². The van der Waals surface area contributed by atoms with E-state index in [1.807, 2.05) is 16.8 Å². The van der Waals surface area contributed by atoms with Gasteiger partial charge in [0.1, 0.15) is 5.76 Å². The Bertz CT molecular complexity index is 1170. The van der Waals surface area contributed by atoms with Crippen molar-refractivity contribution in [2.45, 2.75) is 19.0 Å². The summed E-state index contributed by atoms with van der Waals surface area (Å²) in [4.78, 5) is 31.8. The highest BCUT2D eigenvalue weighted by molar-refractivity contribution is 6.46. The SMILES string of the molecule is COc1cccc(C2/C(=C(\O)c3ccccc3)C(=O)C(=O)N2CCCn2ccnc2)c1OC. The van der Waals surface area contributed by atoms with Gasteiger partial charge < -0.3 is 24.0 Å². The Kier molecular flexibility index (Phi) is 6.44. The second-order valence-electron chi connectivity index (χ2n) is 7.60. The summed E-state index contributed by atoms with van der Waals surface area (Å²) in [6, 6.07) is 13.2. The molecule has 1 aliphatic heterocycles. The van der Waals surface area contributed by atoms with Gasteiger partial charge in [0.2, 0.25) is 0 Å². The maximum atomic E-state index is 13.2. The summed E-state index contributed by atoms with van der Waals surface area (Å²) in [6.07, 6.45) is 5.82. The number of carbonyl (C=O) groups excluding carboxylic acids is 2. The zero-order valence-electron chi connectivity index (χ0n) is 18.5. The molecule has 170 valence electrons. The first-order valence-corrected chi connectivity index (χ1v) is 10.6. The van der Waals surface area contributed by atoms with Crippen molar-refractivity contribution in [2.75, 3.05) is 20.8 Å². The van der Waals surface area contributed by atoms with Crippen LogP contribution < -0.4 is 9.47 Å². The maximum Gasteiger partial charge on any atom is 0.295 e. The van der Waals surface area contributed by atoms with Gasteiger partial charge in [-0.3, -0.25) is 9.59 Å². The van der Waals surface area contributed by atoms with Crippen LogP contribution in [0.4, 0.5) is 0 Å². The van der Waals surface area contributed by atoms with E-state index in [0.717, 1.165) is 0 Å². The van der Waals surface area contributed by atoms with E-state index in [0.29, 0.717) is 42.1 Å². The van der Waals surface area contributed by atoms with E-state index in [-0.39, 0.29) is 11.3 Å². The van der Waals surface area contributed by atoms with E-state index in [1.165, 1.54) is 19.1 Å². The molecule has 1 saturated heterocycles. The molecule has 0 spiro atoms. The number of ketones is 1. The molecule has 3 aromatic rings. The largest absolute Gasteiger partial charge is 0.507 e. The van der Waals surface area contributed by atoms with Gasteiger partial charge in [0.25, 0.3) is 11.7 Å². The number of rotatable bonds is 8. The predicted molar refractivity (Wildman–Crippen MR) is 122 cm³/mol. The summed E-state index contributed by atoms with van der Waals surface area (Å²) in [6.45, 7) is 0.934. The van der Waals surface area contributed by atoms with Crippen LogP contribution in [-0.2, 0) is 16.1 Å². The molecule has 33 heavy (non-hydrogen) atoms. The zero-order valence-corrected chi connectivity index (χ0v) is 18.5. The van der Waals surface area contributed by atoms with Crippen molar-refractivity contribution in [1.29, 1.82) is 0 Å². The molecule has 0 radical (unpaired) electrons. The van der Waals surface area contributed by atoms with Gasteiger partial charge >= 0.3 is 0 Å². The molecule has 1 unspecified atom stereocenters. The molecule has 0 bridgehead atoms. The van der Waals surface area contributed by atoms with Crippen LogP contribution in [0.5, 0.6) is 11.5 Å². The third-order valence-corrected chi connectivity index (χ3v) is 5.69. The minimum atomic E-state index is -0.821. The summed E-state index contributed by atoms with van der Waals surface area (Å²) in [5.41, 5.74) is 1.05. The Morgan fingerprint density at radius 2 is 1.82 bits per heavy atom. The number of hydrogen-bond donors (Lipinski definition) is 1. The van der Waals surface area contributed by atoms with Crippen molar-refractivity contribution < 1.29 is 24.2 Å². The highest BCUT2D eigenvalue weighted by Gasteiger charge is 2.47. The van der Waals surface area contributed by atoms with Crippen LogP contribution in [0.15, 0.2) is 72.8 Å². The number of aromatic nitrogens is 2. The first kappa shape index (κ1) is 22.1. The Morgan fingerprint density at radius 3 is 2.48 bits per heavy atom. The number of nitrogens with zero attached hydrogens (tertiary/aromatic N) is 3. The molecule has 8 nitrogen and oxygen atoms in total. The van der Waals surface area contributed by atoms with E-state index in [2.05, 4.69) is 4.98 Å². The summed E-state index contributed by atoms with van der Waals surface area (Å²) >= 11 is 0. The lowest BCUT2D eigenvalue weighted by Crippen LogP contribution is -2.31. The normalized spacial score (nSPS) is 17.4. The van der Waals surface area contributed by atoms with Crippen LogP contribution in [0.25, 0.3) is 5.76 Å². The first-order chi connectivity index (χ1) is 16.1. The van der Waals surface area contributed by atoms with Crippen LogP contribution in [0.3, 0.4) is 0 Å². The third kappa shape index (κ3) is 4.19. The standard InChI is InChI=1S/C25H25N3O5/c1-32-19-11-6-10-18(24(19)33-2)21-20(22(29)17-8-4-3-5-9-17)23(30)25(31)28(21)14-7-13-27-15-12-26-16-27/h3-6,8-12,15-16,21,29H,7,13-14H2,1-2H3/b22-20+. The number of para-hydroxylation sites is 1. The zero-order chi connectivity index (χ0) is 23.4. The van der Waals surface area contributed by atoms with Crippen molar-refractivity contribution in [2.24, 2.45) is 0 Å². The molecule has 4 rings (SSSR count). The third-order valence-electron chi connectivity index (χ3n) is 5.69. The number of Topliss-reactive ketones (excluding diaryl/α,β-unsaturated/α-hetero) is 1. The number of aliphatic hydroxyl groups excluding tert-OH is 1. The van der Waals surface area contributed by atoms with Crippen molar-refractivity contribution >= 4 is 17.4 Å². The maximum absolute atomic E-state index is 13.2. The number of likely N-dealkylation sites (tertiary alicyclic amines) is 1. The van der Waals surface area contributed by atoms with Crippen molar-refractivity contribution in [3.63, 3.8) is 0 Å². The smallest absolute Gasteiger partial charge is 0.295 e. The van der Waals surface area contributed by atoms with Gasteiger partial charge in [-0.1, -0.05) is 42.5 Å². The molecular weight excluding hydrogens is 422 g/mol. The molecule has 1 aromatic heterocycles. The number of amides is 1. The number of aryl methyl sites for hydroxylation is 1. The average Bonchev–Trinajstić information content (AvgIpc) is 3.45. The van der Waals surface area contributed by atoms with Gasteiger partial charge in [-0.15, -0.1) is 0 Å². The lowest BCUT2D eigenvalue weighted by atomic mass is 9.94. The van der Waals surface area contributed by atoms with E-state index in [4.69, 9.17) is 9.47 Å². The van der Waals surface area contributed by atoms with Gasteiger partial charge in [0, 0.05) is 36.6 Å². The number of imidazole rings is 1. The number of carbonyl (C=O) groups is 2. The average molecular weight is 447 g/mol. The molecule has 8 heteroatoms. The minimum absolute atomic E-state index is 0.0281. The van der Waals surface area contributed by atoms with Crippen molar-refractivity contribution in [3.8, 4) is 11.5 Å². The highest BCUT2D eigenvalue weighted by Crippen LogP contribution is 2.45. The molecule has 0 aliphatic carbocycles. The molecule has 1 aliphatic rings. The van der Waals surface area contributed by atoms with Gasteiger partial charge in [0.05, 0.1) is 32.2 Å². The van der Waals surface area contributed by atoms with Gasteiger partial charge in [0.15, 0.2) is 11.5 Å². The summed E-state index contributed by atoms with van der Waals surface area (Å²) in [7, 11) is 3.03. The molecule has 1 amide bonds. The molecule has 1 atom stereocenters. The van der Waals surface area contributed by atoms with Crippen LogP contribution in [0.1, 0.15) is 23.6 Å². The molecule has 0 saturated carbocycles. The van der Waals surface area contributed by atoms with E-state index >= 15 is 0 Å². The molecule has 1 N–H and O–H groups in total.